The van der Waals surface area contributed by atoms with Crippen molar-refractivity contribution in [2.75, 3.05) is 0 Å². The van der Waals surface area contributed by atoms with Crippen molar-refractivity contribution in [3.05, 3.63) is 24.3 Å². The molecule has 0 saturated heterocycles. The van der Waals surface area contributed by atoms with Gasteiger partial charge in [0.1, 0.15) is 0 Å². The number of allylic oxidation sites excluding steroid dienone is 4. The van der Waals surface area contributed by atoms with E-state index in [0.29, 0.717) is 12.1 Å². The summed E-state index contributed by atoms with van der Waals surface area (Å²) in [5.41, 5.74) is 0. The number of azo groups is 1. The molecule has 0 N–H and O–H groups in total. The molecule has 6 aliphatic carbocycles. The van der Waals surface area contributed by atoms with Crippen LogP contribution in [0.3, 0.4) is 0 Å². The van der Waals surface area contributed by atoms with E-state index in [1.807, 2.05) is 0 Å². The molecule has 0 aromatic heterocycles. The molecule has 0 unspecified atom stereocenters. The zero-order valence-electron chi connectivity index (χ0n) is 11.1. The Hall–Kier alpha value is -0.920. The summed E-state index contributed by atoms with van der Waals surface area (Å²) in [5.74, 6) is 6.73. The predicted octanol–water partition coefficient (Wildman–Crippen LogP) is 3.47. The summed E-state index contributed by atoms with van der Waals surface area (Å²) < 4.78 is 0. The number of hydrogen-bond donors (Lipinski definition) is 0. The highest BCUT2D eigenvalue weighted by molar-refractivity contribution is 5.27. The first-order valence-corrected chi connectivity index (χ1v) is 8.18. The maximum Gasteiger partial charge on any atom is 0.0783 e. The summed E-state index contributed by atoms with van der Waals surface area (Å²) in [6.45, 7) is 0. The molecule has 2 nitrogen and oxygen atoms in total. The number of hydrogen-bond acceptors (Lipinski definition) is 2. The van der Waals surface area contributed by atoms with Gasteiger partial charge in [-0.2, -0.15) is 10.2 Å². The van der Waals surface area contributed by atoms with Crippen molar-refractivity contribution in [2.45, 2.75) is 31.3 Å². The van der Waals surface area contributed by atoms with E-state index in [1.54, 1.807) is 0 Å². The van der Waals surface area contributed by atoms with Crippen molar-refractivity contribution in [3.8, 4) is 0 Å². The molecule has 98 valence electrons. The van der Waals surface area contributed by atoms with Crippen LogP contribution in [0, 0.1) is 47.3 Å². The molecule has 0 amide bonds. The molecule has 10 atom stereocenters. The van der Waals surface area contributed by atoms with Gasteiger partial charge >= 0.3 is 0 Å². The smallest absolute Gasteiger partial charge is 0.0783 e. The fourth-order valence-electron chi connectivity index (χ4n) is 6.87. The van der Waals surface area contributed by atoms with E-state index in [-0.39, 0.29) is 0 Å². The second-order valence-corrected chi connectivity index (χ2v) is 7.76. The van der Waals surface area contributed by atoms with Crippen LogP contribution in [0.2, 0.25) is 0 Å². The van der Waals surface area contributed by atoms with Gasteiger partial charge in [0.25, 0.3) is 0 Å². The van der Waals surface area contributed by atoms with Gasteiger partial charge < -0.3 is 0 Å². The van der Waals surface area contributed by atoms with Crippen LogP contribution in [-0.2, 0) is 0 Å². The Morgan fingerprint density at radius 2 is 1.00 bits per heavy atom. The van der Waals surface area contributed by atoms with Gasteiger partial charge in [0.15, 0.2) is 0 Å². The quantitative estimate of drug-likeness (QED) is 0.590. The van der Waals surface area contributed by atoms with Crippen LogP contribution < -0.4 is 0 Å². The van der Waals surface area contributed by atoms with Gasteiger partial charge in [0.2, 0.25) is 0 Å². The van der Waals surface area contributed by atoms with Crippen molar-refractivity contribution < 1.29 is 0 Å². The lowest BCUT2D eigenvalue weighted by atomic mass is 9.48. The summed E-state index contributed by atoms with van der Waals surface area (Å²) >= 11 is 0. The molecule has 2 heteroatoms. The third-order valence-corrected chi connectivity index (χ3v) is 7.37. The summed E-state index contributed by atoms with van der Waals surface area (Å²) in [6, 6.07) is 1.13. The Morgan fingerprint density at radius 3 is 1.47 bits per heavy atom. The number of nitrogens with zero attached hydrogens (tertiary/aromatic N) is 2. The van der Waals surface area contributed by atoms with Crippen LogP contribution in [0.4, 0.5) is 0 Å². The summed E-state index contributed by atoms with van der Waals surface area (Å²) in [4.78, 5) is 0. The van der Waals surface area contributed by atoms with Gasteiger partial charge in [-0.05, 0) is 66.6 Å². The first-order valence-electron chi connectivity index (χ1n) is 8.18. The van der Waals surface area contributed by atoms with Gasteiger partial charge in [-0.3, -0.25) is 0 Å². The SMILES string of the molecule is C1=C[C@H]2CC[C@@H]1[C@H]1[C@H]3N=N[C@@H]([C@H]4[C@@H]3[C@H]3C=C[C@H]4C3)[C@@H]12. The lowest BCUT2D eigenvalue weighted by Crippen LogP contribution is -2.61. The monoisotopic (exact) mass is 252 g/mol. The minimum Gasteiger partial charge on any atom is -0.190 e. The van der Waals surface area contributed by atoms with Crippen LogP contribution in [0.15, 0.2) is 34.5 Å². The largest absolute Gasteiger partial charge is 0.190 e. The van der Waals surface area contributed by atoms with E-state index >= 15 is 0 Å². The average Bonchev–Trinajstić information content (AvgIpc) is 3.12. The third-order valence-electron chi connectivity index (χ3n) is 7.37. The van der Waals surface area contributed by atoms with Crippen LogP contribution in [0.25, 0.3) is 0 Å². The fourth-order valence-corrected chi connectivity index (χ4v) is 6.87. The Bertz CT molecular complexity index is 489. The van der Waals surface area contributed by atoms with Gasteiger partial charge in [0.05, 0.1) is 12.1 Å². The molecule has 2 heterocycles. The van der Waals surface area contributed by atoms with Crippen molar-refractivity contribution in [3.63, 3.8) is 0 Å². The van der Waals surface area contributed by atoms with Crippen molar-refractivity contribution >= 4 is 0 Å². The number of rotatable bonds is 0. The highest BCUT2D eigenvalue weighted by Gasteiger charge is 2.65. The maximum atomic E-state index is 4.82. The lowest BCUT2D eigenvalue weighted by Gasteiger charge is -2.59. The molecular weight excluding hydrogens is 232 g/mol. The second kappa shape index (κ2) is 3.05. The topological polar surface area (TPSA) is 24.7 Å². The minimum atomic E-state index is 0.567. The predicted molar refractivity (Wildman–Crippen MR) is 72.5 cm³/mol. The molecule has 0 spiro atoms. The molecule has 3 fully saturated rings. The zero-order valence-corrected chi connectivity index (χ0v) is 11.1. The van der Waals surface area contributed by atoms with Crippen molar-refractivity contribution in [1.29, 1.82) is 0 Å². The molecule has 2 aliphatic heterocycles. The lowest BCUT2D eigenvalue weighted by molar-refractivity contribution is -0.0488. The summed E-state index contributed by atoms with van der Waals surface area (Å²) in [5, 5.41) is 9.64. The van der Waals surface area contributed by atoms with Crippen molar-refractivity contribution in [1.82, 2.24) is 0 Å². The highest BCUT2D eigenvalue weighted by Crippen LogP contribution is 2.65. The van der Waals surface area contributed by atoms with E-state index in [2.05, 4.69) is 24.3 Å². The molecule has 0 aromatic carbocycles. The number of fused-ring (bicyclic) bond motifs is 3. The fraction of sp³-hybridized carbons (Fsp3) is 0.765. The first kappa shape index (κ1) is 9.90. The Labute approximate surface area is 114 Å². The summed E-state index contributed by atoms with van der Waals surface area (Å²) in [6.07, 6.45) is 14.3. The van der Waals surface area contributed by atoms with Gasteiger partial charge in [0, 0.05) is 0 Å². The third kappa shape index (κ3) is 0.976. The first-order chi connectivity index (χ1) is 9.42. The normalized spacial score (nSPS) is 65.7. The standard InChI is InChI=1S/C17H20N2/c1-2-9-4-3-8(1)12-13(9)17-15-11-6-5-10(7-11)14(15)16(12)18-19-17/h1-2,5-6,8-17H,3-4,7H2/t8-,9+,10-,11-,12+,13+,14+,15-,16+,17+/m0/s1. The minimum absolute atomic E-state index is 0.567. The Kier molecular flexibility index (Phi) is 1.59. The second-order valence-electron chi connectivity index (χ2n) is 7.76. The molecule has 3 saturated carbocycles. The molecule has 0 aromatic rings. The van der Waals surface area contributed by atoms with E-state index in [9.17, 15) is 0 Å². The molecular formula is C17H20N2. The zero-order chi connectivity index (χ0) is 12.1. The molecule has 6 bridgehead atoms. The van der Waals surface area contributed by atoms with E-state index in [0.717, 1.165) is 47.3 Å². The molecule has 19 heavy (non-hydrogen) atoms. The maximum absolute atomic E-state index is 4.82. The van der Waals surface area contributed by atoms with E-state index in [4.69, 9.17) is 10.2 Å². The van der Waals surface area contributed by atoms with Gasteiger partial charge in [-0.1, -0.05) is 24.3 Å². The van der Waals surface area contributed by atoms with Crippen LogP contribution in [-0.4, -0.2) is 12.1 Å². The van der Waals surface area contributed by atoms with E-state index in [1.165, 1.54) is 19.3 Å². The average molecular weight is 252 g/mol. The highest BCUT2D eigenvalue weighted by atomic mass is 15.2. The Balaban J connectivity index is 1.53. The molecule has 8 rings (SSSR count). The van der Waals surface area contributed by atoms with Crippen LogP contribution in [0.1, 0.15) is 19.3 Å². The van der Waals surface area contributed by atoms with Gasteiger partial charge in [-0.25, -0.2) is 0 Å². The van der Waals surface area contributed by atoms with E-state index < -0.39 is 0 Å². The molecule has 8 aliphatic rings. The summed E-state index contributed by atoms with van der Waals surface area (Å²) in [7, 11) is 0. The van der Waals surface area contributed by atoms with Crippen LogP contribution in [0.5, 0.6) is 0 Å². The van der Waals surface area contributed by atoms with Gasteiger partial charge in [-0.15, -0.1) is 0 Å². The molecule has 0 radical (unpaired) electrons. The van der Waals surface area contributed by atoms with Crippen LogP contribution >= 0.6 is 0 Å². The van der Waals surface area contributed by atoms with Crippen molar-refractivity contribution in [2.24, 2.45) is 57.6 Å². The Morgan fingerprint density at radius 1 is 0.579 bits per heavy atom.